The second-order valence-corrected chi connectivity index (χ2v) is 8.05. The number of fused-ring (bicyclic) bond motifs is 1. The molecule has 0 saturated heterocycles. The number of aromatic hydroxyl groups is 1. The first-order valence-corrected chi connectivity index (χ1v) is 11.7. The van der Waals surface area contributed by atoms with Crippen LogP contribution in [0.5, 0.6) is 5.75 Å². The number of phenols is 1. The molecule has 2 aromatic rings. The fourth-order valence-corrected chi connectivity index (χ4v) is 3.57. The zero-order valence-electron chi connectivity index (χ0n) is 19.0. The number of benzene rings is 1. The van der Waals surface area contributed by atoms with Gasteiger partial charge in [0.25, 0.3) is 0 Å². The number of aromatic amines is 1. The number of unbranched alkanes of at least 4 members (excludes halogenated alkanes) is 1. The topological polar surface area (TPSA) is 139 Å². The van der Waals surface area contributed by atoms with Crippen molar-refractivity contribution < 1.29 is 15.1 Å². The molecule has 180 valence electrons. The van der Waals surface area contributed by atoms with E-state index >= 15 is 0 Å². The molecule has 0 spiro atoms. The van der Waals surface area contributed by atoms with Gasteiger partial charge in [-0.2, -0.15) is 5.06 Å². The average Bonchev–Trinajstić information content (AvgIpc) is 3.19. The van der Waals surface area contributed by atoms with Crippen molar-refractivity contribution in [1.29, 1.82) is 0 Å². The number of hydroxylamine groups is 2. The molecule has 32 heavy (non-hydrogen) atoms. The molecule has 0 radical (unpaired) electrons. The number of rotatable bonds is 18. The number of H-pyrrole nitrogens is 1. The van der Waals surface area contributed by atoms with Crippen LogP contribution in [0.2, 0.25) is 0 Å². The smallest absolute Gasteiger partial charge is 0.224 e. The van der Waals surface area contributed by atoms with Crippen molar-refractivity contribution in [3.8, 4) is 5.75 Å². The maximum absolute atomic E-state index is 12.2. The van der Waals surface area contributed by atoms with Crippen LogP contribution in [-0.4, -0.2) is 78.6 Å². The number of hydrogen-bond donors (Lipinski definition) is 7. The van der Waals surface area contributed by atoms with Gasteiger partial charge in [-0.25, -0.2) is 0 Å². The van der Waals surface area contributed by atoms with Gasteiger partial charge in [0.2, 0.25) is 5.91 Å². The Bertz CT molecular complexity index is 782. The molecule has 0 atom stereocenters. The van der Waals surface area contributed by atoms with Crippen LogP contribution in [0.1, 0.15) is 37.7 Å². The third-order valence-electron chi connectivity index (χ3n) is 5.32. The van der Waals surface area contributed by atoms with Gasteiger partial charge in [0, 0.05) is 36.7 Å². The standard InChI is InChI=1S/C23H40N6O3/c24-9-4-12-25-10-1-2-11-26-13-5-15-29(32)16-6-14-27-22(31)17-19-18-28-20-7-3-8-21(30)23(19)20/h3,7-8,18,25-26,28,30,32H,1-2,4-6,9-17,24H2,(H,27,31). The Balaban J connectivity index is 1.45. The molecule has 0 fully saturated rings. The second kappa shape index (κ2) is 15.6. The molecule has 0 aliphatic heterocycles. The summed E-state index contributed by atoms with van der Waals surface area (Å²) in [5.74, 6) is 0.0738. The van der Waals surface area contributed by atoms with E-state index in [0.717, 1.165) is 69.5 Å². The summed E-state index contributed by atoms with van der Waals surface area (Å²) < 4.78 is 0. The molecule has 8 N–H and O–H groups in total. The van der Waals surface area contributed by atoms with Gasteiger partial charge in [-0.3, -0.25) is 4.79 Å². The molecule has 1 aromatic carbocycles. The summed E-state index contributed by atoms with van der Waals surface area (Å²) in [6.07, 6.45) is 6.82. The third-order valence-corrected chi connectivity index (χ3v) is 5.32. The zero-order chi connectivity index (χ0) is 23.0. The normalized spacial score (nSPS) is 11.5. The highest BCUT2D eigenvalue weighted by Crippen LogP contribution is 2.27. The molecule has 0 aliphatic rings. The minimum Gasteiger partial charge on any atom is -0.507 e. The van der Waals surface area contributed by atoms with E-state index in [0.29, 0.717) is 31.4 Å². The van der Waals surface area contributed by atoms with Crippen LogP contribution in [0.3, 0.4) is 0 Å². The van der Waals surface area contributed by atoms with E-state index in [2.05, 4.69) is 20.9 Å². The number of phenolic OH excluding ortho intramolecular Hbond substituents is 1. The van der Waals surface area contributed by atoms with Crippen molar-refractivity contribution in [2.75, 3.05) is 52.4 Å². The third kappa shape index (κ3) is 9.97. The lowest BCUT2D eigenvalue weighted by molar-refractivity contribution is -0.120. The van der Waals surface area contributed by atoms with E-state index in [1.807, 2.05) is 6.07 Å². The highest BCUT2D eigenvalue weighted by molar-refractivity contribution is 5.92. The van der Waals surface area contributed by atoms with E-state index in [4.69, 9.17) is 5.73 Å². The molecule has 9 heteroatoms. The second-order valence-electron chi connectivity index (χ2n) is 8.05. The molecule has 1 heterocycles. The van der Waals surface area contributed by atoms with Crippen molar-refractivity contribution in [3.63, 3.8) is 0 Å². The lowest BCUT2D eigenvalue weighted by atomic mass is 10.1. The van der Waals surface area contributed by atoms with Crippen LogP contribution >= 0.6 is 0 Å². The van der Waals surface area contributed by atoms with Gasteiger partial charge in [0.05, 0.1) is 6.42 Å². The Kier molecular flexibility index (Phi) is 12.7. The Morgan fingerprint density at radius 2 is 1.62 bits per heavy atom. The quantitative estimate of drug-likeness (QED) is 0.135. The lowest BCUT2D eigenvalue weighted by Gasteiger charge is -2.15. The first-order chi connectivity index (χ1) is 15.6. The largest absolute Gasteiger partial charge is 0.507 e. The number of nitrogens with zero attached hydrogens (tertiary/aromatic N) is 1. The average molecular weight is 449 g/mol. The number of amides is 1. The number of carbonyl (C=O) groups excluding carboxylic acids is 1. The van der Waals surface area contributed by atoms with Crippen LogP contribution < -0.4 is 21.7 Å². The molecule has 1 amide bonds. The lowest BCUT2D eigenvalue weighted by Crippen LogP contribution is -2.30. The van der Waals surface area contributed by atoms with Crippen molar-refractivity contribution >= 4 is 16.8 Å². The van der Waals surface area contributed by atoms with Crippen molar-refractivity contribution in [3.05, 3.63) is 30.0 Å². The van der Waals surface area contributed by atoms with Crippen LogP contribution in [0.4, 0.5) is 0 Å². The molecule has 0 unspecified atom stereocenters. The molecule has 1 aromatic heterocycles. The van der Waals surface area contributed by atoms with E-state index in [9.17, 15) is 15.1 Å². The monoisotopic (exact) mass is 448 g/mol. The van der Waals surface area contributed by atoms with Crippen LogP contribution in [0.25, 0.3) is 10.9 Å². The summed E-state index contributed by atoms with van der Waals surface area (Å²) in [6.45, 7) is 6.27. The minimum atomic E-state index is -0.0996. The van der Waals surface area contributed by atoms with Crippen LogP contribution in [0, 0.1) is 0 Å². The Morgan fingerprint density at radius 1 is 0.969 bits per heavy atom. The van der Waals surface area contributed by atoms with Gasteiger partial charge in [0.1, 0.15) is 5.75 Å². The maximum Gasteiger partial charge on any atom is 0.224 e. The Morgan fingerprint density at radius 3 is 2.34 bits per heavy atom. The van der Waals surface area contributed by atoms with Gasteiger partial charge < -0.3 is 37.0 Å². The fourth-order valence-electron chi connectivity index (χ4n) is 3.57. The van der Waals surface area contributed by atoms with Crippen molar-refractivity contribution in [1.82, 2.24) is 26.0 Å². The van der Waals surface area contributed by atoms with E-state index < -0.39 is 0 Å². The minimum absolute atomic E-state index is 0.0996. The molecule has 2 rings (SSSR count). The fraction of sp³-hybridized carbons (Fsp3) is 0.609. The van der Waals surface area contributed by atoms with Gasteiger partial charge >= 0.3 is 0 Å². The number of nitrogens with two attached hydrogens (primary N) is 1. The number of hydrogen-bond acceptors (Lipinski definition) is 7. The SMILES string of the molecule is NCCCNCCCCNCCCN(O)CCCNC(=O)Cc1c[nH]c2cccc(O)c12. The molecule has 0 aliphatic carbocycles. The highest BCUT2D eigenvalue weighted by Gasteiger charge is 2.11. The number of nitrogens with one attached hydrogen (secondary N) is 4. The number of aromatic nitrogens is 1. The molecule has 9 nitrogen and oxygen atoms in total. The summed E-state index contributed by atoms with van der Waals surface area (Å²) in [6, 6.07) is 5.25. The Labute approximate surface area is 190 Å². The Hall–Kier alpha value is -2.17. The zero-order valence-corrected chi connectivity index (χ0v) is 19.0. The first-order valence-electron chi connectivity index (χ1n) is 11.7. The summed E-state index contributed by atoms with van der Waals surface area (Å²) in [5, 5.41) is 31.6. The van der Waals surface area contributed by atoms with E-state index in [1.54, 1.807) is 18.3 Å². The van der Waals surface area contributed by atoms with Gasteiger partial charge in [-0.15, -0.1) is 0 Å². The predicted molar refractivity (Wildman–Crippen MR) is 128 cm³/mol. The van der Waals surface area contributed by atoms with Crippen molar-refractivity contribution in [2.24, 2.45) is 5.73 Å². The van der Waals surface area contributed by atoms with Crippen LogP contribution in [0.15, 0.2) is 24.4 Å². The summed E-state index contributed by atoms with van der Waals surface area (Å²) in [5.41, 5.74) is 7.04. The molecule has 0 bridgehead atoms. The van der Waals surface area contributed by atoms with Crippen LogP contribution in [-0.2, 0) is 11.2 Å². The molecule has 0 saturated carbocycles. The first kappa shape index (κ1) is 26.1. The van der Waals surface area contributed by atoms with E-state index in [-0.39, 0.29) is 18.1 Å². The molecular weight excluding hydrogens is 408 g/mol. The predicted octanol–water partition coefficient (Wildman–Crippen LogP) is 1.31. The maximum atomic E-state index is 12.2. The number of carbonyl (C=O) groups is 1. The molecular formula is C23H40N6O3. The van der Waals surface area contributed by atoms with Gasteiger partial charge in [-0.1, -0.05) is 6.07 Å². The summed E-state index contributed by atoms with van der Waals surface area (Å²) in [4.78, 5) is 15.3. The van der Waals surface area contributed by atoms with Gasteiger partial charge in [-0.05, 0) is 82.5 Å². The summed E-state index contributed by atoms with van der Waals surface area (Å²) >= 11 is 0. The highest BCUT2D eigenvalue weighted by atomic mass is 16.5. The van der Waals surface area contributed by atoms with Crippen molar-refractivity contribution in [2.45, 2.75) is 38.5 Å². The summed E-state index contributed by atoms with van der Waals surface area (Å²) in [7, 11) is 0. The van der Waals surface area contributed by atoms with Gasteiger partial charge in [0.15, 0.2) is 0 Å². The van der Waals surface area contributed by atoms with E-state index in [1.165, 1.54) is 5.06 Å².